The van der Waals surface area contributed by atoms with E-state index in [1.807, 2.05) is 0 Å². The summed E-state index contributed by atoms with van der Waals surface area (Å²) in [6.07, 6.45) is 1.42. The van der Waals surface area contributed by atoms with Crippen molar-refractivity contribution in [1.82, 2.24) is 10.3 Å². The zero-order valence-electron chi connectivity index (χ0n) is 12.1. The zero-order valence-corrected chi connectivity index (χ0v) is 15.2. The second-order valence-electron chi connectivity index (χ2n) is 4.41. The number of alkyl halides is 2. The molecule has 0 aromatic rings. The van der Waals surface area contributed by atoms with Gasteiger partial charge >= 0.3 is 0 Å². The minimum absolute atomic E-state index is 0.192. The summed E-state index contributed by atoms with van der Waals surface area (Å²) < 4.78 is 0. The van der Waals surface area contributed by atoms with Gasteiger partial charge in [0.2, 0.25) is 10.6 Å². The lowest BCUT2D eigenvalue weighted by molar-refractivity contribution is -0.711. The first-order valence-corrected chi connectivity index (χ1v) is 9.10. The van der Waals surface area contributed by atoms with Crippen molar-refractivity contribution in [2.45, 2.75) is 18.9 Å². The van der Waals surface area contributed by atoms with Gasteiger partial charge < -0.3 is 20.6 Å². The smallest absolute Gasteiger partial charge is 0.292 e. The van der Waals surface area contributed by atoms with Crippen LogP contribution < -0.4 is 5.32 Å². The second kappa shape index (κ2) is 11.7. The summed E-state index contributed by atoms with van der Waals surface area (Å²) in [4.78, 5) is 10.2. The second-order valence-corrected chi connectivity index (χ2v) is 5.99. The Bertz CT molecular complexity index is 361. The van der Waals surface area contributed by atoms with Crippen LogP contribution in [0, 0.1) is 10.4 Å². The molecule has 1 aliphatic rings. The standard InChI is InChI=1S/C10H20Br2N6O4/c11-3-7-16(8-4-12)18(20)15-22-9-21-14-17(19)10-1-5-13-6-2-10/h10,13H,1-9H2. The maximum atomic E-state index is 11.6. The Balaban J connectivity index is 2.28. The molecule has 0 spiro atoms. The van der Waals surface area contributed by atoms with E-state index < -0.39 is 6.79 Å². The molecule has 1 rings (SSSR count). The fourth-order valence-corrected chi connectivity index (χ4v) is 2.62. The number of hydrogen-bond acceptors (Lipinski definition) is 7. The van der Waals surface area contributed by atoms with Gasteiger partial charge in [-0.1, -0.05) is 36.7 Å². The summed E-state index contributed by atoms with van der Waals surface area (Å²) >= 11 is 6.49. The first kappa shape index (κ1) is 19.2. The molecule has 1 fully saturated rings. The third kappa shape index (κ3) is 7.40. The molecule has 0 aromatic carbocycles. The Morgan fingerprint density at radius 2 is 1.68 bits per heavy atom. The number of halogens is 2. The third-order valence-electron chi connectivity index (χ3n) is 2.92. The monoisotopic (exact) mass is 446 g/mol. The summed E-state index contributed by atoms with van der Waals surface area (Å²) in [5, 5.41) is 35.7. The Hall–Kier alpha value is -0.880. The largest absolute Gasteiger partial charge is 0.597 e. The first-order chi connectivity index (χ1) is 10.7. The van der Waals surface area contributed by atoms with E-state index in [9.17, 15) is 10.4 Å². The number of nitrogens with one attached hydrogen (secondary N) is 1. The van der Waals surface area contributed by atoms with E-state index in [0.717, 1.165) is 13.1 Å². The van der Waals surface area contributed by atoms with Gasteiger partial charge in [-0.25, -0.2) is 0 Å². The van der Waals surface area contributed by atoms with E-state index in [1.165, 1.54) is 5.01 Å². The van der Waals surface area contributed by atoms with Crippen molar-refractivity contribution in [2.75, 3.05) is 43.6 Å². The molecule has 1 aliphatic heterocycles. The lowest BCUT2D eigenvalue weighted by atomic mass is 10.1. The topological polar surface area (TPSA) is 111 Å². The highest BCUT2D eigenvalue weighted by Crippen LogP contribution is 2.06. The van der Waals surface area contributed by atoms with Crippen molar-refractivity contribution in [3.8, 4) is 0 Å². The fourth-order valence-electron chi connectivity index (χ4n) is 1.80. The average Bonchev–Trinajstić information content (AvgIpc) is 2.54. The molecule has 0 saturated carbocycles. The Morgan fingerprint density at radius 3 is 2.27 bits per heavy atom. The molecule has 128 valence electrons. The summed E-state index contributed by atoms with van der Waals surface area (Å²) in [5.74, 6) is 0. The molecule has 0 bridgehead atoms. The van der Waals surface area contributed by atoms with Gasteiger partial charge in [-0.05, 0) is 0 Å². The maximum absolute atomic E-state index is 11.6. The molecule has 1 N–H and O–H groups in total. The van der Waals surface area contributed by atoms with Gasteiger partial charge in [-0.15, -0.1) is 5.01 Å². The van der Waals surface area contributed by atoms with Crippen LogP contribution in [0.25, 0.3) is 0 Å². The quantitative estimate of drug-likeness (QED) is 0.136. The van der Waals surface area contributed by atoms with Crippen LogP contribution in [0.15, 0.2) is 10.6 Å². The van der Waals surface area contributed by atoms with Crippen molar-refractivity contribution < 1.29 is 19.5 Å². The summed E-state index contributed by atoms with van der Waals surface area (Å²) in [7, 11) is 0. The van der Waals surface area contributed by atoms with Gasteiger partial charge in [0.25, 0.3) is 6.79 Å². The molecule has 0 amide bonds. The molecule has 0 aromatic heterocycles. The van der Waals surface area contributed by atoms with Crippen molar-refractivity contribution in [3.63, 3.8) is 0 Å². The van der Waals surface area contributed by atoms with Crippen LogP contribution in [0.2, 0.25) is 0 Å². The van der Waals surface area contributed by atoms with Gasteiger partial charge in [-0.2, -0.15) is 0 Å². The molecule has 1 saturated heterocycles. The molecular weight excluding hydrogens is 428 g/mol. The van der Waals surface area contributed by atoms with Gasteiger partial charge in [-0.3, -0.25) is 4.84 Å². The predicted molar refractivity (Wildman–Crippen MR) is 84.2 cm³/mol. The minimum atomic E-state index is -0.404. The van der Waals surface area contributed by atoms with Crippen molar-refractivity contribution in [1.29, 1.82) is 0 Å². The lowest BCUT2D eigenvalue weighted by Gasteiger charge is -2.18. The van der Waals surface area contributed by atoms with Crippen LogP contribution in [-0.4, -0.2) is 64.5 Å². The summed E-state index contributed by atoms with van der Waals surface area (Å²) in [6, 6.07) is -0.192. The van der Waals surface area contributed by atoms with E-state index in [2.05, 4.69) is 52.6 Å². The summed E-state index contributed by atoms with van der Waals surface area (Å²) in [5.41, 5.74) is 0. The third-order valence-corrected chi connectivity index (χ3v) is 3.63. The molecule has 0 atom stereocenters. The number of nitrogens with zero attached hydrogens (tertiary/aromatic N) is 5. The highest BCUT2D eigenvalue weighted by atomic mass is 79.9. The van der Waals surface area contributed by atoms with Gasteiger partial charge in [0.05, 0.1) is 18.1 Å². The molecule has 10 nitrogen and oxygen atoms in total. The van der Waals surface area contributed by atoms with E-state index in [4.69, 9.17) is 4.84 Å². The predicted octanol–water partition coefficient (Wildman–Crippen LogP) is 1.49. The van der Waals surface area contributed by atoms with Gasteiger partial charge in [0.15, 0.2) is 6.04 Å². The Morgan fingerprint density at radius 1 is 1.09 bits per heavy atom. The van der Waals surface area contributed by atoms with Gasteiger partial charge in [0, 0.05) is 36.6 Å². The molecule has 0 unspecified atom stereocenters. The van der Waals surface area contributed by atoms with Crippen LogP contribution in [0.3, 0.4) is 0 Å². The molecule has 0 aliphatic carbocycles. The minimum Gasteiger partial charge on any atom is -0.597 e. The van der Waals surface area contributed by atoms with Crippen LogP contribution in [-0.2, 0) is 9.68 Å². The fraction of sp³-hybridized carbons (Fsp3) is 1.00. The molecule has 12 heteroatoms. The number of piperidine rings is 1. The highest BCUT2D eigenvalue weighted by Gasteiger charge is 2.21. The number of hydroxylamine groups is 1. The molecule has 0 radical (unpaired) electrons. The Labute approximate surface area is 145 Å². The van der Waals surface area contributed by atoms with Crippen molar-refractivity contribution >= 4 is 31.9 Å². The number of hydrogen-bond donors (Lipinski definition) is 1. The van der Waals surface area contributed by atoms with E-state index in [0.29, 0.717) is 46.4 Å². The first-order valence-electron chi connectivity index (χ1n) is 6.86. The van der Waals surface area contributed by atoms with Crippen LogP contribution >= 0.6 is 31.9 Å². The normalized spacial score (nSPS) is 17.4. The maximum Gasteiger partial charge on any atom is 0.292 e. The van der Waals surface area contributed by atoms with Crippen LogP contribution in [0.5, 0.6) is 0 Å². The molecular formula is C10H20Br2N6O4. The molecule has 1 heterocycles. The highest BCUT2D eigenvalue weighted by molar-refractivity contribution is 9.09. The molecule has 22 heavy (non-hydrogen) atoms. The SMILES string of the molecule is [O-][N+](=NOCON=[N+]([O-])N(CCBr)CCBr)C1CCNCC1. The summed E-state index contributed by atoms with van der Waals surface area (Å²) in [6.45, 7) is 2.13. The Kier molecular flexibility index (Phi) is 10.2. The van der Waals surface area contributed by atoms with Crippen LogP contribution in [0.1, 0.15) is 12.8 Å². The van der Waals surface area contributed by atoms with E-state index in [-0.39, 0.29) is 6.04 Å². The number of rotatable bonds is 10. The lowest BCUT2D eigenvalue weighted by Crippen LogP contribution is -2.35. The van der Waals surface area contributed by atoms with Crippen LogP contribution in [0.4, 0.5) is 0 Å². The van der Waals surface area contributed by atoms with Crippen molar-refractivity contribution in [3.05, 3.63) is 10.4 Å². The van der Waals surface area contributed by atoms with Crippen molar-refractivity contribution in [2.24, 2.45) is 10.6 Å². The average molecular weight is 448 g/mol. The number of hydrazine groups is 1. The van der Waals surface area contributed by atoms with Gasteiger partial charge in [0.1, 0.15) is 0 Å². The van der Waals surface area contributed by atoms with E-state index >= 15 is 0 Å². The van der Waals surface area contributed by atoms with E-state index in [1.54, 1.807) is 0 Å². The zero-order chi connectivity index (χ0) is 16.2.